The fraction of sp³-hybridized carbons (Fsp3) is 0.308. The third kappa shape index (κ3) is 2.71. The third-order valence-corrected chi connectivity index (χ3v) is 3.74. The van der Waals surface area contributed by atoms with Gasteiger partial charge < -0.3 is 10.0 Å². The topological polar surface area (TPSA) is 81.4 Å². The molecule has 1 aromatic carbocycles. The zero-order valence-corrected chi connectivity index (χ0v) is 10.9. The number of thioether (sulfide) groups is 1. The molecular weight excluding hydrogens is 264 g/mol. The molecule has 0 bridgehead atoms. The number of nitriles is 1. The predicted octanol–water partition coefficient (Wildman–Crippen LogP) is 1.46. The Kier molecular flexibility index (Phi) is 4.07. The lowest BCUT2D eigenvalue weighted by Crippen LogP contribution is -2.32. The highest BCUT2D eigenvalue weighted by molar-refractivity contribution is 8.00. The van der Waals surface area contributed by atoms with Gasteiger partial charge in [0.2, 0.25) is 5.91 Å². The van der Waals surface area contributed by atoms with Crippen molar-refractivity contribution in [2.24, 2.45) is 0 Å². The Bertz CT molecular complexity index is 553. The molecule has 1 atom stereocenters. The zero-order chi connectivity index (χ0) is 13.8. The number of carboxylic acid groups (broad SMARTS) is 1. The average molecular weight is 276 g/mol. The lowest BCUT2D eigenvalue weighted by atomic mass is 10.0. The molecule has 0 aromatic heterocycles. The molecule has 0 spiro atoms. The molecule has 19 heavy (non-hydrogen) atoms. The molecule has 1 heterocycles. The molecule has 0 saturated carbocycles. The van der Waals surface area contributed by atoms with Gasteiger partial charge in [0.15, 0.2) is 0 Å². The van der Waals surface area contributed by atoms with E-state index in [1.807, 2.05) is 6.07 Å². The second-order valence-corrected chi connectivity index (χ2v) is 5.09. The van der Waals surface area contributed by atoms with Crippen molar-refractivity contribution in [1.29, 1.82) is 5.26 Å². The van der Waals surface area contributed by atoms with Gasteiger partial charge in [0.25, 0.3) is 0 Å². The van der Waals surface area contributed by atoms with E-state index in [4.69, 9.17) is 5.26 Å². The van der Waals surface area contributed by atoms with E-state index in [0.29, 0.717) is 11.3 Å². The van der Waals surface area contributed by atoms with E-state index in [-0.39, 0.29) is 24.0 Å². The summed E-state index contributed by atoms with van der Waals surface area (Å²) >= 11 is 1.23. The molecule has 0 fully saturated rings. The summed E-state index contributed by atoms with van der Waals surface area (Å²) < 4.78 is 0. The summed E-state index contributed by atoms with van der Waals surface area (Å²) in [6.45, 7) is 0.167. The van der Waals surface area contributed by atoms with Crippen LogP contribution in [0.15, 0.2) is 24.3 Å². The van der Waals surface area contributed by atoms with Crippen LogP contribution in [-0.2, 0) is 9.59 Å². The van der Waals surface area contributed by atoms with Crippen molar-refractivity contribution in [3.63, 3.8) is 0 Å². The van der Waals surface area contributed by atoms with Gasteiger partial charge in [0.05, 0.1) is 17.6 Å². The first-order valence-electron chi connectivity index (χ1n) is 5.72. The summed E-state index contributed by atoms with van der Waals surface area (Å²) in [5.41, 5.74) is 1.34. The van der Waals surface area contributed by atoms with Gasteiger partial charge in [-0.1, -0.05) is 18.2 Å². The van der Waals surface area contributed by atoms with Gasteiger partial charge >= 0.3 is 5.97 Å². The number of amides is 1. The molecule has 2 rings (SSSR count). The third-order valence-electron chi connectivity index (χ3n) is 2.96. The molecule has 1 N–H and O–H groups in total. The van der Waals surface area contributed by atoms with E-state index in [0.717, 1.165) is 0 Å². The maximum atomic E-state index is 12.1. The number of rotatable bonds is 4. The van der Waals surface area contributed by atoms with E-state index < -0.39 is 11.9 Å². The predicted molar refractivity (Wildman–Crippen MR) is 72.1 cm³/mol. The van der Waals surface area contributed by atoms with Crippen molar-refractivity contribution >= 4 is 29.3 Å². The van der Waals surface area contributed by atoms with E-state index >= 15 is 0 Å². The molecule has 0 radical (unpaired) electrons. The van der Waals surface area contributed by atoms with Crippen molar-refractivity contribution in [3.05, 3.63) is 29.8 Å². The number of anilines is 1. The number of carboxylic acids is 1. The van der Waals surface area contributed by atoms with Crippen LogP contribution in [0.2, 0.25) is 0 Å². The largest absolute Gasteiger partial charge is 0.481 e. The highest BCUT2D eigenvalue weighted by Gasteiger charge is 2.35. The quantitative estimate of drug-likeness (QED) is 0.842. The number of aliphatic carboxylic acids is 1. The van der Waals surface area contributed by atoms with Crippen LogP contribution in [0.4, 0.5) is 5.69 Å². The molecule has 6 heteroatoms. The van der Waals surface area contributed by atoms with Crippen LogP contribution < -0.4 is 4.90 Å². The van der Waals surface area contributed by atoms with Gasteiger partial charge in [-0.2, -0.15) is 5.26 Å². The molecule has 1 aromatic rings. The Hall–Kier alpha value is -2.00. The molecular formula is C13H12N2O3S. The fourth-order valence-electron chi connectivity index (χ4n) is 2.12. The molecule has 1 aliphatic heterocycles. The van der Waals surface area contributed by atoms with Crippen molar-refractivity contribution < 1.29 is 14.7 Å². The van der Waals surface area contributed by atoms with Crippen LogP contribution >= 0.6 is 11.8 Å². The first-order chi connectivity index (χ1) is 9.15. The monoisotopic (exact) mass is 276 g/mol. The van der Waals surface area contributed by atoms with E-state index in [9.17, 15) is 14.7 Å². The zero-order valence-electron chi connectivity index (χ0n) is 10.1. The normalized spacial score (nSPS) is 16.8. The highest BCUT2D eigenvalue weighted by atomic mass is 32.2. The van der Waals surface area contributed by atoms with Gasteiger partial charge in [0.1, 0.15) is 5.92 Å². The SMILES string of the molecule is N#CCSCC(=O)N1CC(C(=O)O)c2ccccc21. The van der Waals surface area contributed by atoms with Crippen molar-refractivity contribution in [2.45, 2.75) is 5.92 Å². The summed E-state index contributed by atoms with van der Waals surface area (Å²) in [6.07, 6.45) is 0. The maximum absolute atomic E-state index is 12.1. The standard InChI is InChI=1S/C13H12N2O3S/c14-5-6-19-8-12(16)15-7-10(13(17)18)9-3-1-2-4-11(9)15/h1-4,10H,6-8H2,(H,17,18). The number of carbonyl (C=O) groups excluding carboxylic acids is 1. The first-order valence-corrected chi connectivity index (χ1v) is 6.87. The lowest BCUT2D eigenvalue weighted by Gasteiger charge is -2.16. The molecule has 1 amide bonds. The smallest absolute Gasteiger partial charge is 0.312 e. The minimum Gasteiger partial charge on any atom is -0.481 e. The van der Waals surface area contributed by atoms with Crippen molar-refractivity contribution in [1.82, 2.24) is 0 Å². The van der Waals surface area contributed by atoms with Crippen LogP contribution in [0.3, 0.4) is 0 Å². The van der Waals surface area contributed by atoms with Crippen LogP contribution in [-0.4, -0.2) is 35.0 Å². The first kappa shape index (κ1) is 13.4. The van der Waals surface area contributed by atoms with Gasteiger partial charge in [-0.3, -0.25) is 9.59 Å². The van der Waals surface area contributed by atoms with Crippen LogP contribution in [0.25, 0.3) is 0 Å². The van der Waals surface area contributed by atoms with E-state index in [1.54, 1.807) is 24.3 Å². The second kappa shape index (κ2) is 5.76. The maximum Gasteiger partial charge on any atom is 0.312 e. The van der Waals surface area contributed by atoms with Gasteiger partial charge in [0, 0.05) is 12.2 Å². The summed E-state index contributed by atoms with van der Waals surface area (Å²) in [5.74, 6) is -1.30. The van der Waals surface area contributed by atoms with Gasteiger partial charge in [-0.25, -0.2) is 0 Å². The number of para-hydroxylation sites is 1. The fourth-order valence-corrected chi connectivity index (χ4v) is 2.64. The Labute approximate surface area is 114 Å². The summed E-state index contributed by atoms with van der Waals surface area (Å²) in [6, 6.07) is 9.01. The Morgan fingerprint density at radius 1 is 1.47 bits per heavy atom. The number of nitrogens with zero attached hydrogens (tertiary/aromatic N) is 2. The number of benzene rings is 1. The summed E-state index contributed by atoms with van der Waals surface area (Å²) in [5, 5.41) is 17.6. The summed E-state index contributed by atoms with van der Waals surface area (Å²) in [7, 11) is 0. The summed E-state index contributed by atoms with van der Waals surface area (Å²) in [4.78, 5) is 24.8. The van der Waals surface area contributed by atoms with E-state index in [2.05, 4.69) is 0 Å². The number of fused-ring (bicyclic) bond motifs is 1. The second-order valence-electron chi connectivity index (χ2n) is 4.10. The van der Waals surface area contributed by atoms with Crippen molar-refractivity contribution in [2.75, 3.05) is 23.0 Å². The Morgan fingerprint density at radius 2 is 2.21 bits per heavy atom. The molecule has 1 unspecified atom stereocenters. The Morgan fingerprint density at radius 3 is 2.89 bits per heavy atom. The lowest BCUT2D eigenvalue weighted by molar-refractivity contribution is -0.138. The number of hydrogen-bond donors (Lipinski definition) is 1. The molecule has 0 saturated heterocycles. The average Bonchev–Trinajstić information content (AvgIpc) is 2.78. The highest BCUT2D eigenvalue weighted by Crippen LogP contribution is 2.36. The molecule has 5 nitrogen and oxygen atoms in total. The van der Waals surface area contributed by atoms with Crippen LogP contribution in [0.5, 0.6) is 0 Å². The van der Waals surface area contributed by atoms with Crippen LogP contribution in [0.1, 0.15) is 11.5 Å². The van der Waals surface area contributed by atoms with Crippen LogP contribution in [0, 0.1) is 11.3 Å². The molecule has 0 aliphatic carbocycles. The number of hydrogen-bond acceptors (Lipinski definition) is 4. The number of carbonyl (C=O) groups is 2. The molecule has 1 aliphatic rings. The van der Waals surface area contributed by atoms with E-state index in [1.165, 1.54) is 16.7 Å². The Balaban J connectivity index is 2.18. The molecule has 98 valence electrons. The van der Waals surface area contributed by atoms with Crippen molar-refractivity contribution in [3.8, 4) is 6.07 Å². The minimum atomic E-state index is -0.924. The minimum absolute atomic E-state index is 0.156. The van der Waals surface area contributed by atoms with Gasteiger partial charge in [-0.15, -0.1) is 11.8 Å². The van der Waals surface area contributed by atoms with Gasteiger partial charge in [-0.05, 0) is 11.6 Å².